The Bertz CT molecular complexity index is 187. The van der Waals surface area contributed by atoms with Gasteiger partial charge in [-0.2, -0.15) is 0 Å². The van der Waals surface area contributed by atoms with Gasteiger partial charge in [0.25, 0.3) is 0 Å². The molecule has 0 aromatic carbocycles. The van der Waals surface area contributed by atoms with Crippen molar-refractivity contribution >= 4 is 5.97 Å². The van der Waals surface area contributed by atoms with Crippen molar-refractivity contribution in [3.63, 3.8) is 0 Å². The molecule has 0 spiro atoms. The maximum Gasteiger partial charge on any atom is 0.305 e. The highest BCUT2D eigenvalue weighted by atomic mass is 16.4. The fourth-order valence-electron chi connectivity index (χ4n) is 1.35. The number of hydrogen-bond acceptors (Lipinski definition) is 2. The Morgan fingerprint density at radius 1 is 1.27 bits per heavy atom. The predicted molar refractivity (Wildman–Crippen MR) is 60.8 cm³/mol. The van der Waals surface area contributed by atoms with Gasteiger partial charge in [0, 0.05) is 0 Å². The van der Waals surface area contributed by atoms with E-state index in [1.54, 1.807) is 0 Å². The molecule has 2 N–H and O–H groups in total. The molecule has 0 aliphatic heterocycles. The zero-order chi connectivity index (χ0) is 11.5. The topological polar surface area (TPSA) is 57.5 Å². The summed E-state index contributed by atoms with van der Waals surface area (Å²) in [6.07, 6.45) is 9.41. The number of carboxylic acids is 1. The number of carboxylic acid groups (broad SMARTS) is 1. The monoisotopic (exact) mass is 214 g/mol. The molecule has 0 aliphatic carbocycles. The molecule has 1 unspecified atom stereocenters. The molecule has 0 aromatic heterocycles. The molecular weight excluding hydrogens is 192 g/mol. The van der Waals surface area contributed by atoms with Gasteiger partial charge in [0.15, 0.2) is 0 Å². The van der Waals surface area contributed by atoms with Gasteiger partial charge < -0.3 is 10.2 Å². The van der Waals surface area contributed by atoms with E-state index < -0.39 is 12.1 Å². The van der Waals surface area contributed by atoms with Crippen molar-refractivity contribution in [2.24, 2.45) is 0 Å². The van der Waals surface area contributed by atoms with Crippen LogP contribution in [0, 0.1) is 0 Å². The third-order valence-electron chi connectivity index (χ3n) is 2.21. The quantitative estimate of drug-likeness (QED) is 0.458. The van der Waals surface area contributed by atoms with Crippen molar-refractivity contribution in [1.29, 1.82) is 0 Å². The van der Waals surface area contributed by atoms with Crippen LogP contribution in [0.2, 0.25) is 0 Å². The molecule has 3 heteroatoms. The summed E-state index contributed by atoms with van der Waals surface area (Å²) in [5, 5.41) is 17.6. The second-order valence-electron chi connectivity index (χ2n) is 3.81. The number of aliphatic hydroxyl groups is 1. The number of aliphatic carboxylic acids is 1. The first-order valence-corrected chi connectivity index (χ1v) is 5.71. The lowest BCUT2D eigenvalue weighted by molar-refractivity contribution is -0.139. The molecule has 0 bridgehead atoms. The van der Waals surface area contributed by atoms with Gasteiger partial charge in [0.2, 0.25) is 0 Å². The number of carbonyl (C=O) groups is 1. The number of rotatable bonds is 9. The van der Waals surface area contributed by atoms with Crippen molar-refractivity contribution in [2.45, 2.75) is 58.0 Å². The molecule has 1 atom stereocenters. The molecule has 0 saturated carbocycles. The molecule has 0 heterocycles. The maximum atomic E-state index is 10.2. The van der Waals surface area contributed by atoms with Crippen molar-refractivity contribution in [3.8, 4) is 0 Å². The average molecular weight is 214 g/mol. The van der Waals surface area contributed by atoms with Crippen LogP contribution >= 0.6 is 0 Å². The van der Waals surface area contributed by atoms with Gasteiger partial charge in [-0.05, 0) is 19.3 Å². The van der Waals surface area contributed by atoms with E-state index >= 15 is 0 Å². The van der Waals surface area contributed by atoms with E-state index in [2.05, 4.69) is 6.92 Å². The van der Waals surface area contributed by atoms with Crippen LogP contribution < -0.4 is 0 Å². The Morgan fingerprint density at radius 3 is 2.60 bits per heavy atom. The van der Waals surface area contributed by atoms with Gasteiger partial charge in [-0.1, -0.05) is 38.3 Å². The SMILES string of the molecule is CCCCCC/C=C\CC(O)CC(=O)O. The molecule has 0 radical (unpaired) electrons. The van der Waals surface area contributed by atoms with Crippen molar-refractivity contribution in [1.82, 2.24) is 0 Å². The molecule has 0 saturated heterocycles. The highest BCUT2D eigenvalue weighted by Gasteiger charge is 2.06. The van der Waals surface area contributed by atoms with Gasteiger partial charge >= 0.3 is 5.97 Å². The Kier molecular flexibility index (Phi) is 9.18. The van der Waals surface area contributed by atoms with E-state index in [1.165, 1.54) is 25.7 Å². The highest BCUT2D eigenvalue weighted by molar-refractivity contribution is 5.67. The lowest BCUT2D eigenvalue weighted by Gasteiger charge is -2.02. The molecule has 3 nitrogen and oxygen atoms in total. The second-order valence-corrected chi connectivity index (χ2v) is 3.81. The summed E-state index contributed by atoms with van der Waals surface area (Å²) in [4.78, 5) is 10.2. The van der Waals surface area contributed by atoms with Crippen LogP contribution in [-0.4, -0.2) is 22.3 Å². The van der Waals surface area contributed by atoms with E-state index in [9.17, 15) is 9.90 Å². The number of aliphatic hydroxyl groups excluding tert-OH is 1. The number of allylic oxidation sites excluding steroid dienone is 1. The van der Waals surface area contributed by atoms with E-state index in [4.69, 9.17) is 5.11 Å². The third kappa shape index (κ3) is 11.1. The average Bonchev–Trinajstić information content (AvgIpc) is 2.15. The van der Waals surface area contributed by atoms with E-state index in [0.717, 1.165) is 6.42 Å². The van der Waals surface area contributed by atoms with E-state index in [-0.39, 0.29) is 6.42 Å². The number of hydrogen-bond donors (Lipinski definition) is 2. The lowest BCUT2D eigenvalue weighted by atomic mass is 10.1. The lowest BCUT2D eigenvalue weighted by Crippen LogP contribution is -2.11. The fourth-order valence-corrected chi connectivity index (χ4v) is 1.35. The fraction of sp³-hybridized carbons (Fsp3) is 0.750. The molecule has 0 aromatic rings. The zero-order valence-electron chi connectivity index (χ0n) is 9.48. The van der Waals surface area contributed by atoms with Crippen LogP contribution in [0.25, 0.3) is 0 Å². The summed E-state index contributed by atoms with van der Waals surface area (Å²) in [6, 6.07) is 0. The second kappa shape index (κ2) is 9.71. The summed E-state index contributed by atoms with van der Waals surface area (Å²) < 4.78 is 0. The molecule has 0 aliphatic rings. The Morgan fingerprint density at radius 2 is 2.00 bits per heavy atom. The molecular formula is C12H22O3. The summed E-state index contributed by atoms with van der Waals surface area (Å²) in [5.41, 5.74) is 0. The summed E-state index contributed by atoms with van der Waals surface area (Å²) >= 11 is 0. The van der Waals surface area contributed by atoms with Crippen molar-refractivity contribution in [2.75, 3.05) is 0 Å². The van der Waals surface area contributed by atoms with Gasteiger partial charge in [0.1, 0.15) is 0 Å². The molecule has 15 heavy (non-hydrogen) atoms. The van der Waals surface area contributed by atoms with Crippen LogP contribution in [-0.2, 0) is 4.79 Å². The van der Waals surface area contributed by atoms with Crippen LogP contribution in [0.3, 0.4) is 0 Å². The predicted octanol–water partition coefficient (Wildman–Crippen LogP) is 2.74. The van der Waals surface area contributed by atoms with Gasteiger partial charge in [-0.25, -0.2) is 0 Å². The first-order valence-electron chi connectivity index (χ1n) is 5.71. The van der Waals surface area contributed by atoms with E-state index in [0.29, 0.717) is 6.42 Å². The Labute approximate surface area is 91.8 Å². The largest absolute Gasteiger partial charge is 0.481 e. The van der Waals surface area contributed by atoms with Gasteiger partial charge in [0.05, 0.1) is 12.5 Å². The van der Waals surface area contributed by atoms with Crippen LogP contribution in [0.15, 0.2) is 12.2 Å². The summed E-state index contributed by atoms with van der Waals surface area (Å²) in [6.45, 7) is 2.18. The Balaban J connectivity index is 3.33. The van der Waals surface area contributed by atoms with Crippen molar-refractivity contribution < 1.29 is 15.0 Å². The maximum absolute atomic E-state index is 10.2. The third-order valence-corrected chi connectivity index (χ3v) is 2.21. The molecule has 0 rings (SSSR count). The molecule has 0 fully saturated rings. The standard InChI is InChI=1S/C12H22O3/c1-2-3-4-5-6-7-8-9-11(13)10-12(14)15/h7-8,11,13H,2-6,9-10H2,1H3,(H,14,15)/b8-7-. The molecule has 88 valence electrons. The van der Waals surface area contributed by atoms with Crippen LogP contribution in [0.1, 0.15) is 51.9 Å². The van der Waals surface area contributed by atoms with Gasteiger partial charge in [-0.3, -0.25) is 4.79 Å². The minimum Gasteiger partial charge on any atom is -0.481 e. The summed E-state index contributed by atoms with van der Waals surface area (Å²) in [7, 11) is 0. The summed E-state index contributed by atoms with van der Waals surface area (Å²) in [5.74, 6) is -0.946. The minimum absolute atomic E-state index is 0.166. The van der Waals surface area contributed by atoms with Crippen molar-refractivity contribution in [3.05, 3.63) is 12.2 Å². The van der Waals surface area contributed by atoms with Gasteiger partial charge in [-0.15, -0.1) is 0 Å². The first-order chi connectivity index (χ1) is 7.16. The highest BCUT2D eigenvalue weighted by Crippen LogP contribution is 2.04. The first kappa shape index (κ1) is 14.2. The minimum atomic E-state index is -0.946. The zero-order valence-corrected chi connectivity index (χ0v) is 9.48. The molecule has 0 amide bonds. The van der Waals surface area contributed by atoms with E-state index in [1.807, 2.05) is 12.2 Å². The smallest absolute Gasteiger partial charge is 0.305 e. The number of unbranched alkanes of at least 4 members (excludes halogenated alkanes) is 4. The van der Waals surface area contributed by atoms with Crippen LogP contribution in [0.5, 0.6) is 0 Å². The Hall–Kier alpha value is -0.830. The normalized spacial score (nSPS) is 13.2. The van der Waals surface area contributed by atoms with Crippen LogP contribution in [0.4, 0.5) is 0 Å².